The van der Waals surface area contributed by atoms with Crippen molar-refractivity contribution in [3.8, 4) is 0 Å². The topological polar surface area (TPSA) is 114 Å². The predicted molar refractivity (Wildman–Crippen MR) is 69.9 cm³/mol. The van der Waals surface area contributed by atoms with E-state index in [2.05, 4.69) is 15.4 Å². The molecule has 0 radical (unpaired) electrons. The fourth-order valence-corrected chi connectivity index (χ4v) is 1.18. The average molecular weight is 290 g/mol. The molecule has 0 spiro atoms. The SMILES string of the molecule is COC(=O)C(CO)NC(=O)CCNC(=O)OC(C)(C)C. The van der Waals surface area contributed by atoms with Gasteiger partial charge in [-0.05, 0) is 20.8 Å². The lowest BCUT2D eigenvalue weighted by Gasteiger charge is -2.19. The summed E-state index contributed by atoms with van der Waals surface area (Å²) >= 11 is 0. The van der Waals surface area contributed by atoms with Gasteiger partial charge in [-0.15, -0.1) is 0 Å². The van der Waals surface area contributed by atoms with Gasteiger partial charge in [0.25, 0.3) is 0 Å². The van der Waals surface area contributed by atoms with Gasteiger partial charge in [-0.3, -0.25) is 4.79 Å². The minimum Gasteiger partial charge on any atom is -0.467 e. The van der Waals surface area contributed by atoms with Gasteiger partial charge in [-0.1, -0.05) is 0 Å². The Bertz CT molecular complexity index is 350. The van der Waals surface area contributed by atoms with Crippen LogP contribution in [0.3, 0.4) is 0 Å². The maximum atomic E-state index is 11.5. The molecule has 0 aromatic rings. The first-order valence-electron chi connectivity index (χ1n) is 6.14. The van der Waals surface area contributed by atoms with E-state index in [-0.39, 0.29) is 13.0 Å². The summed E-state index contributed by atoms with van der Waals surface area (Å²) in [6.07, 6.45) is -0.677. The van der Waals surface area contributed by atoms with Gasteiger partial charge in [0.05, 0.1) is 13.7 Å². The van der Waals surface area contributed by atoms with E-state index < -0.39 is 36.2 Å². The Morgan fingerprint density at radius 1 is 1.25 bits per heavy atom. The van der Waals surface area contributed by atoms with Crippen LogP contribution in [0.15, 0.2) is 0 Å². The molecule has 8 nitrogen and oxygen atoms in total. The third-order valence-electron chi connectivity index (χ3n) is 2.02. The summed E-state index contributed by atoms with van der Waals surface area (Å²) < 4.78 is 9.38. The van der Waals surface area contributed by atoms with E-state index in [4.69, 9.17) is 9.84 Å². The Balaban J connectivity index is 4.00. The third kappa shape index (κ3) is 8.30. The summed E-state index contributed by atoms with van der Waals surface area (Å²) in [4.78, 5) is 33.9. The van der Waals surface area contributed by atoms with Crippen molar-refractivity contribution < 1.29 is 29.0 Å². The zero-order valence-electron chi connectivity index (χ0n) is 12.2. The Labute approximate surface area is 117 Å². The largest absolute Gasteiger partial charge is 0.467 e. The van der Waals surface area contributed by atoms with Crippen molar-refractivity contribution in [2.24, 2.45) is 0 Å². The number of rotatable bonds is 6. The Kier molecular flexibility index (Phi) is 7.60. The minimum atomic E-state index is -1.10. The second kappa shape index (κ2) is 8.36. The van der Waals surface area contributed by atoms with Gasteiger partial charge < -0.3 is 25.2 Å². The van der Waals surface area contributed by atoms with Crippen LogP contribution < -0.4 is 10.6 Å². The highest BCUT2D eigenvalue weighted by molar-refractivity contribution is 5.84. The van der Waals surface area contributed by atoms with Crippen molar-refractivity contribution in [1.82, 2.24) is 10.6 Å². The maximum Gasteiger partial charge on any atom is 0.407 e. The molecule has 0 heterocycles. The molecule has 0 aliphatic rings. The van der Waals surface area contributed by atoms with E-state index in [1.165, 1.54) is 0 Å². The molecule has 0 saturated heterocycles. The number of aliphatic hydroxyl groups excluding tert-OH is 1. The molecule has 1 unspecified atom stereocenters. The summed E-state index contributed by atoms with van der Waals surface area (Å²) in [6, 6.07) is -1.10. The Hall–Kier alpha value is -1.83. The fourth-order valence-electron chi connectivity index (χ4n) is 1.18. The number of carbonyl (C=O) groups excluding carboxylic acids is 3. The van der Waals surface area contributed by atoms with Crippen LogP contribution >= 0.6 is 0 Å². The fraction of sp³-hybridized carbons (Fsp3) is 0.750. The minimum absolute atomic E-state index is 0.0489. The molecule has 0 aromatic carbocycles. The Morgan fingerprint density at radius 2 is 1.85 bits per heavy atom. The lowest BCUT2D eigenvalue weighted by Crippen LogP contribution is -2.45. The number of esters is 1. The average Bonchev–Trinajstić information content (AvgIpc) is 2.32. The van der Waals surface area contributed by atoms with Crippen molar-refractivity contribution in [3.05, 3.63) is 0 Å². The van der Waals surface area contributed by atoms with Crippen molar-refractivity contribution in [2.75, 3.05) is 20.3 Å². The molecule has 1 atom stereocenters. The number of carbonyl (C=O) groups is 3. The molecule has 0 aliphatic carbocycles. The van der Waals surface area contributed by atoms with Crippen LogP contribution in [0.25, 0.3) is 0 Å². The lowest BCUT2D eigenvalue weighted by atomic mass is 10.2. The van der Waals surface area contributed by atoms with Gasteiger partial charge in [-0.25, -0.2) is 9.59 Å². The first-order valence-corrected chi connectivity index (χ1v) is 6.14. The highest BCUT2D eigenvalue weighted by Crippen LogP contribution is 2.06. The molecule has 0 bridgehead atoms. The lowest BCUT2D eigenvalue weighted by molar-refractivity contribution is -0.146. The first kappa shape index (κ1) is 18.2. The van der Waals surface area contributed by atoms with Crippen molar-refractivity contribution in [3.63, 3.8) is 0 Å². The van der Waals surface area contributed by atoms with E-state index in [1.54, 1.807) is 20.8 Å². The molecular weight excluding hydrogens is 268 g/mol. The van der Waals surface area contributed by atoms with Gasteiger partial charge in [0, 0.05) is 13.0 Å². The number of nitrogens with one attached hydrogen (secondary N) is 2. The number of amides is 2. The van der Waals surface area contributed by atoms with E-state index in [9.17, 15) is 14.4 Å². The Morgan fingerprint density at radius 3 is 2.30 bits per heavy atom. The number of methoxy groups -OCH3 is 1. The van der Waals surface area contributed by atoms with Gasteiger partial charge >= 0.3 is 12.1 Å². The maximum absolute atomic E-state index is 11.5. The molecular formula is C12H22N2O6. The second-order valence-electron chi connectivity index (χ2n) is 5.00. The third-order valence-corrected chi connectivity index (χ3v) is 2.02. The summed E-state index contributed by atoms with van der Waals surface area (Å²) in [7, 11) is 1.15. The molecule has 3 N–H and O–H groups in total. The number of ether oxygens (including phenoxy) is 2. The summed E-state index contributed by atoms with van der Waals surface area (Å²) in [5.41, 5.74) is -0.612. The molecule has 8 heteroatoms. The van der Waals surface area contributed by atoms with Crippen LogP contribution in [-0.2, 0) is 19.1 Å². The smallest absolute Gasteiger partial charge is 0.407 e. The standard InChI is InChI=1S/C12H22N2O6/c1-12(2,3)20-11(18)13-6-5-9(16)14-8(7-15)10(17)19-4/h8,15H,5-7H2,1-4H3,(H,13,18)(H,14,16). The van der Waals surface area contributed by atoms with Gasteiger partial charge in [0.2, 0.25) is 5.91 Å². The number of aliphatic hydroxyl groups is 1. The zero-order valence-corrected chi connectivity index (χ0v) is 12.2. The molecule has 0 fully saturated rings. The highest BCUT2D eigenvalue weighted by atomic mass is 16.6. The zero-order chi connectivity index (χ0) is 15.8. The van der Waals surface area contributed by atoms with Crippen LogP contribution in [0, 0.1) is 0 Å². The summed E-state index contributed by atoms with van der Waals surface area (Å²) in [5.74, 6) is -1.23. The van der Waals surface area contributed by atoms with Gasteiger partial charge in [-0.2, -0.15) is 0 Å². The van der Waals surface area contributed by atoms with Gasteiger partial charge in [0.1, 0.15) is 5.60 Å². The number of hydrogen-bond donors (Lipinski definition) is 3. The molecule has 0 rings (SSSR count). The van der Waals surface area contributed by atoms with Crippen LogP contribution in [-0.4, -0.2) is 55.0 Å². The van der Waals surface area contributed by atoms with E-state index in [0.29, 0.717) is 0 Å². The summed E-state index contributed by atoms with van der Waals surface area (Å²) in [6.45, 7) is 4.67. The molecule has 20 heavy (non-hydrogen) atoms. The molecule has 116 valence electrons. The van der Waals surface area contributed by atoms with E-state index >= 15 is 0 Å². The molecule has 0 saturated carbocycles. The van der Waals surface area contributed by atoms with Gasteiger partial charge in [0.15, 0.2) is 6.04 Å². The van der Waals surface area contributed by atoms with Crippen LogP contribution in [0.1, 0.15) is 27.2 Å². The number of hydrogen-bond acceptors (Lipinski definition) is 6. The van der Waals surface area contributed by atoms with Crippen molar-refractivity contribution in [1.29, 1.82) is 0 Å². The molecule has 0 aromatic heterocycles. The first-order chi connectivity index (χ1) is 9.19. The highest BCUT2D eigenvalue weighted by Gasteiger charge is 2.20. The second-order valence-corrected chi connectivity index (χ2v) is 5.00. The number of alkyl carbamates (subject to hydrolysis) is 1. The molecule has 0 aliphatic heterocycles. The monoisotopic (exact) mass is 290 g/mol. The van der Waals surface area contributed by atoms with Crippen LogP contribution in [0.5, 0.6) is 0 Å². The quantitative estimate of drug-likeness (QED) is 0.571. The van der Waals surface area contributed by atoms with Crippen molar-refractivity contribution >= 4 is 18.0 Å². The van der Waals surface area contributed by atoms with Crippen LogP contribution in [0.4, 0.5) is 4.79 Å². The normalized spacial score (nSPS) is 12.2. The van der Waals surface area contributed by atoms with E-state index in [0.717, 1.165) is 7.11 Å². The molecule has 2 amide bonds. The van der Waals surface area contributed by atoms with E-state index in [1.807, 2.05) is 0 Å². The summed E-state index contributed by atoms with van der Waals surface area (Å²) in [5, 5.41) is 13.6. The van der Waals surface area contributed by atoms with Crippen molar-refractivity contribution in [2.45, 2.75) is 38.8 Å². The predicted octanol–water partition coefficient (Wildman–Crippen LogP) is -0.449. The van der Waals surface area contributed by atoms with Crippen LogP contribution in [0.2, 0.25) is 0 Å².